The maximum Gasteiger partial charge on any atom is 0.254 e. The molecule has 5 nitrogen and oxygen atoms in total. The first-order valence-electron chi connectivity index (χ1n) is 9.34. The van der Waals surface area contributed by atoms with Crippen LogP contribution in [0, 0.1) is 6.92 Å². The van der Waals surface area contributed by atoms with Gasteiger partial charge in [-0.25, -0.2) is 0 Å². The number of carbonyl (C=O) groups is 2. The van der Waals surface area contributed by atoms with E-state index in [0.29, 0.717) is 12.2 Å². The van der Waals surface area contributed by atoms with Gasteiger partial charge in [-0.1, -0.05) is 37.5 Å². The Balaban J connectivity index is 1.84. The number of aryl methyl sites for hydroxylation is 1. The highest BCUT2D eigenvalue weighted by molar-refractivity contribution is 5.99. The van der Waals surface area contributed by atoms with Gasteiger partial charge in [-0.3, -0.25) is 9.59 Å². The van der Waals surface area contributed by atoms with Crippen LogP contribution in [0.3, 0.4) is 0 Å². The number of unbranched alkanes of at least 4 members (excludes halogenated alkanes) is 2. The number of nitrogens with zero attached hydrogens (tertiary/aromatic N) is 1. The van der Waals surface area contributed by atoms with Gasteiger partial charge in [0, 0.05) is 18.3 Å². The molecule has 0 unspecified atom stereocenters. The van der Waals surface area contributed by atoms with Crippen LogP contribution in [0.1, 0.15) is 42.1 Å². The summed E-state index contributed by atoms with van der Waals surface area (Å²) in [5.74, 6) is 0.319. The van der Waals surface area contributed by atoms with E-state index in [-0.39, 0.29) is 18.4 Å². The quantitative estimate of drug-likeness (QED) is 0.672. The van der Waals surface area contributed by atoms with Crippen molar-refractivity contribution >= 4 is 17.5 Å². The molecule has 2 rings (SSSR count). The molecule has 0 aliphatic heterocycles. The van der Waals surface area contributed by atoms with Crippen molar-refractivity contribution in [3.8, 4) is 5.75 Å². The van der Waals surface area contributed by atoms with Crippen molar-refractivity contribution in [2.45, 2.75) is 33.1 Å². The molecule has 144 valence electrons. The number of hydrogen-bond donors (Lipinski definition) is 1. The fourth-order valence-electron chi connectivity index (χ4n) is 2.58. The van der Waals surface area contributed by atoms with Crippen LogP contribution < -0.4 is 10.1 Å². The van der Waals surface area contributed by atoms with Crippen LogP contribution in [0.4, 0.5) is 5.69 Å². The van der Waals surface area contributed by atoms with Crippen molar-refractivity contribution in [2.24, 2.45) is 0 Å². The number of ether oxygens (including phenoxy) is 1. The Kier molecular flexibility index (Phi) is 7.86. The average molecular weight is 368 g/mol. The van der Waals surface area contributed by atoms with Crippen molar-refractivity contribution in [2.75, 3.05) is 25.5 Å². The van der Waals surface area contributed by atoms with Crippen molar-refractivity contribution < 1.29 is 14.3 Å². The van der Waals surface area contributed by atoms with Crippen molar-refractivity contribution in [1.29, 1.82) is 0 Å². The van der Waals surface area contributed by atoms with Gasteiger partial charge in [-0.15, -0.1) is 0 Å². The highest BCUT2D eigenvalue weighted by Crippen LogP contribution is 2.14. The summed E-state index contributed by atoms with van der Waals surface area (Å²) in [6.07, 6.45) is 3.32. The Morgan fingerprint density at radius 1 is 1.00 bits per heavy atom. The molecule has 0 saturated carbocycles. The summed E-state index contributed by atoms with van der Waals surface area (Å²) in [5.41, 5.74) is 2.37. The van der Waals surface area contributed by atoms with Gasteiger partial charge in [0.25, 0.3) is 5.91 Å². The third-order valence-corrected chi connectivity index (χ3v) is 4.18. The smallest absolute Gasteiger partial charge is 0.254 e. The Hall–Kier alpha value is -2.82. The highest BCUT2D eigenvalue weighted by atomic mass is 16.5. The van der Waals surface area contributed by atoms with Crippen LogP contribution in [0.15, 0.2) is 48.5 Å². The fraction of sp³-hybridized carbons (Fsp3) is 0.364. The largest absolute Gasteiger partial charge is 0.494 e. The summed E-state index contributed by atoms with van der Waals surface area (Å²) in [4.78, 5) is 26.0. The summed E-state index contributed by atoms with van der Waals surface area (Å²) in [5, 5.41) is 2.80. The molecule has 0 heterocycles. The van der Waals surface area contributed by atoms with E-state index >= 15 is 0 Å². The minimum Gasteiger partial charge on any atom is -0.494 e. The van der Waals surface area contributed by atoms with Gasteiger partial charge in [0.05, 0.1) is 13.2 Å². The van der Waals surface area contributed by atoms with E-state index in [4.69, 9.17) is 4.74 Å². The second-order valence-electron chi connectivity index (χ2n) is 6.66. The fourth-order valence-corrected chi connectivity index (χ4v) is 2.58. The van der Waals surface area contributed by atoms with Crippen LogP contribution in [-0.4, -0.2) is 36.9 Å². The number of nitrogens with one attached hydrogen (secondary N) is 1. The molecule has 0 aliphatic rings. The van der Waals surface area contributed by atoms with Crippen molar-refractivity contribution in [3.05, 3.63) is 59.7 Å². The molecule has 0 spiro atoms. The second kappa shape index (κ2) is 10.4. The highest BCUT2D eigenvalue weighted by Gasteiger charge is 2.15. The zero-order valence-electron chi connectivity index (χ0n) is 16.3. The van der Waals surface area contributed by atoms with Gasteiger partial charge in [-0.2, -0.15) is 0 Å². The molecule has 0 radical (unpaired) electrons. The summed E-state index contributed by atoms with van der Waals surface area (Å²) >= 11 is 0. The Morgan fingerprint density at radius 3 is 2.30 bits per heavy atom. The summed E-state index contributed by atoms with van der Waals surface area (Å²) in [6.45, 7) is 4.81. The SMILES string of the molecule is CCCCCOc1ccc(C(=O)N(C)CC(=O)Nc2ccc(C)cc2)cc1. The number of carbonyl (C=O) groups excluding carboxylic acids is 2. The maximum absolute atomic E-state index is 12.5. The molecule has 0 bridgehead atoms. The molecule has 2 amide bonds. The second-order valence-corrected chi connectivity index (χ2v) is 6.66. The first-order chi connectivity index (χ1) is 13.0. The third-order valence-electron chi connectivity index (χ3n) is 4.18. The van der Waals surface area contributed by atoms with E-state index in [1.165, 1.54) is 4.90 Å². The minimum atomic E-state index is -0.231. The first kappa shape index (κ1) is 20.5. The van der Waals surface area contributed by atoms with Gasteiger partial charge >= 0.3 is 0 Å². The molecule has 0 saturated heterocycles. The molecule has 5 heteroatoms. The Morgan fingerprint density at radius 2 is 1.67 bits per heavy atom. The zero-order chi connectivity index (χ0) is 19.6. The van der Waals surface area contributed by atoms with Crippen molar-refractivity contribution in [3.63, 3.8) is 0 Å². The average Bonchev–Trinajstić information content (AvgIpc) is 2.67. The standard InChI is InChI=1S/C22H28N2O3/c1-4-5-6-15-27-20-13-9-18(10-14-20)22(26)24(3)16-21(25)23-19-11-7-17(2)8-12-19/h7-14H,4-6,15-16H2,1-3H3,(H,23,25). The number of benzene rings is 2. The first-order valence-corrected chi connectivity index (χ1v) is 9.34. The summed E-state index contributed by atoms with van der Waals surface area (Å²) in [7, 11) is 1.62. The van der Waals surface area contributed by atoms with E-state index in [9.17, 15) is 9.59 Å². The maximum atomic E-state index is 12.5. The lowest BCUT2D eigenvalue weighted by Gasteiger charge is -2.17. The molecule has 1 N–H and O–H groups in total. The van der Waals surface area contributed by atoms with Crippen LogP contribution >= 0.6 is 0 Å². The molecule has 2 aromatic rings. The van der Waals surface area contributed by atoms with Gasteiger partial charge in [0.2, 0.25) is 5.91 Å². The van der Waals surface area contributed by atoms with Crippen LogP contribution in [0.2, 0.25) is 0 Å². The lowest BCUT2D eigenvalue weighted by Crippen LogP contribution is -2.34. The van der Waals surface area contributed by atoms with Gasteiger partial charge < -0.3 is 15.0 Å². The van der Waals surface area contributed by atoms with E-state index in [0.717, 1.165) is 36.3 Å². The molecule has 2 aromatic carbocycles. The Bertz CT molecular complexity index is 739. The number of likely N-dealkylation sites (N-methyl/N-ethyl adjacent to an activating group) is 1. The number of anilines is 1. The normalized spacial score (nSPS) is 10.3. The van der Waals surface area contributed by atoms with E-state index in [1.54, 1.807) is 31.3 Å². The predicted molar refractivity (Wildman–Crippen MR) is 108 cm³/mol. The topological polar surface area (TPSA) is 58.6 Å². The molecule has 0 atom stereocenters. The van der Waals surface area contributed by atoms with Crippen LogP contribution in [0.5, 0.6) is 5.75 Å². The van der Waals surface area contributed by atoms with E-state index in [2.05, 4.69) is 12.2 Å². The van der Waals surface area contributed by atoms with E-state index in [1.807, 2.05) is 31.2 Å². The van der Waals surface area contributed by atoms with E-state index < -0.39 is 0 Å². The van der Waals surface area contributed by atoms with Crippen molar-refractivity contribution in [1.82, 2.24) is 4.90 Å². The van der Waals surface area contributed by atoms with Crippen LogP contribution in [-0.2, 0) is 4.79 Å². The minimum absolute atomic E-state index is 0.0119. The van der Waals surface area contributed by atoms with Gasteiger partial charge in [0.15, 0.2) is 0 Å². The number of hydrogen-bond acceptors (Lipinski definition) is 3. The lowest BCUT2D eigenvalue weighted by molar-refractivity contribution is -0.116. The molecule has 27 heavy (non-hydrogen) atoms. The van der Waals surface area contributed by atoms with Gasteiger partial charge in [-0.05, 0) is 49.7 Å². The molecule has 0 aliphatic carbocycles. The molecule has 0 fully saturated rings. The molecular weight excluding hydrogens is 340 g/mol. The third kappa shape index (κ3) is 6.77. The predicted octanol–water partition coefficient (Wildman–Crippen LogP) is 4.27. The zero-order valence-corrected chi connectivity index (χ0v) is 16.3. The summed E-state index contributed by atoms with van der Waals surface area (Å²) < 4.78 is 5.65. The number of amides is 2. The monoisotopic (exact) mass is 368 g/mol. The number of rotatable bonds is 9. The summed E-state index contributed by atoms with van der Waals surface area (Å²) in [6, 6.07) is 14.6. The molecular formula is C22H28N2O3. The Labute approximate surface area is 161 Å². The molecule has 0 aromatic heterocycles. The lowest BCUT2D eigenvalue weighted by atomic mass is 10.2. The van der Waals surface area contributed by atoms with Crippen LogP contribution in [0.25, 0.3) is 0 Å². The van der Waals surface area contributed by atoms with Gasteiger partial charge in [0.1, 0.15) is 5.75 Å².